The van der Waals surface area contributed by atoms with Gasteiger partial charge in [-0.15, -0.1) is 0 Å². The number of hydrogen-bond donors (Lipinski definition) is 3. The highest BCUT2D eigenvalue weighted by Crippen LogP contribution is 2.16. The van der Waals surface area contributed by atoms with Crippen molar-refractivity contribution < 1.29 is 19.1 Å². The zero-order valence-corrected chi connectivity index (χ0v) is 10.7. The van der Waals surface area contributed by atoms with E-state index in [1.807, 2.05) is 13.8 Å². The molecule has 0 aromatic carbocycles. The van der Waals surface area contributed by atoms with E-state index in [2.05, 4.69) is 5.32 Å². The third-order valence-electron chi connectivity index (χ3n) is 2.52. The Morgan fingerprint density at radius 3 is 2.56 bits per heavy atom. The van der Waals surface area contributed by atoms with Crippen LogP contribution in [0.25, 0.3) is 0 Å². The van der Waals surface area contributed by atoms with Crippen LogP contribution in [0.1, 0.15) is 42.1 Å². The van der Waals surface area contributed by atoms with Crippen molar-refractivity contribution in [1.82, 2.24) is 5.32 Å². The molecule has 0 saturated carbocycles. The second-order valence-corrected chi connectivity index (χ2v) is 4.91. The van der Waals surface area contributed by atoms with Crippen LogP contribution in [0.5, 0.6) is 0 Å². The van der Waals surface area contributed by atoms with Crippen molar-refractivity contribution in [1.29, 1.82) is 0 Å². The molecule has 1 aromatic rings. The van der Waals surface area contributed by atoms with Gasteiger partial charge in [-0.05, 0) is 26.8 Å². The fraction of sp³-hybridized carbons (Fsp3) is 0.500. The number of nitrogens with two attached hydrogens (primary N) is 1. The van der Waals surface area contributed by atoms with Crippen LogP contribution in [0.3, 0.4) is 0 Å². The SMILES string of the molecule is Cc1cc(CNC(C)(C)CC(N)=O)oc1C(=O)O. The lowest BCUT2D eigenvalue weighted by atomic mass is 10.0. The molecule has 0 saturated heterocycles. The van der Waals surface area contributed by atoms with E-state index >= 15 is 0 Å². The van der Waals surface area contributed by atoms with E-state index < -0.39 is 17.4 Å². The fourth-order valence-electron chi connectivity index (χ4n) is 1.67. The predicted octanol–water partition coefficient (Wildman–Crippen LogP) is 1.03. The number of furan rings is 1. The highest BCUT2D eigenvalue weighted by Gasteiger charge is 2.21. The second-order valence-electron chi connectivity index (χ2n) is 4.91. The molecule has 6 heteroatoms. The summed E-state index contributed by atoms with van der Waals surface area (Å²) in [5, 5.41) is 11.9. The quantitative estimate of drug-likeness (QED) is 0.703. The number of rotatable bonds is 6. The van der Waals surface area contributed by atoms with E-state index in [1.165, 1.54) is 0 Å². The number of aryl methyl sites for hydroxylation is 1. The van der Waals surface area contributed by atoms with E-state index in [0.29, 0.717) is 17.9 Å². The molecule has 18 heavy (non-hydrogen) atoms. The van der Waals surface area contributed by atoms with Gasteiger partial charge in [0.1, 0.15) is 5.76 Å². The zero-order valence-electron chi connectivity index (χ0n) is 10.7. The smallest absolute Gasteiger partial charge is 0.372 e. The highest BCUT2D eigenvalue weighted by molar-refractivity contribution is 5.86. The average Bonchev–Trinajstić information content (AvgIpc) is 2.55. The maximum absolute atomic E-state index is 10.9. The molecule has 1 aromatic heterocycles. The first-order valence-corrected chi connectivity index (χ1v) is 5.57. The molecule has 4 N–H and O–H groups in total. The number of amides is 1. The average molecular weight is 254 g/mol. The first kappa shape index (κ1) is 14.2. The van der Waals surface area contributed by atoms with Gasteiger partial charge >= 0.3 is 5.97 Å². The Morgan fingerprint density at radius 2 is 2.11 bits per heavy atom. The van der Waals surface area contributed by atoms with Gasteiger partial charge in [0, 0.05) is 17.5 Å². The molecule has 0 aliphatic carbocycles. The van der Waals surface area contributed by atoms with Gasteiger partial charge in [-0.25, -0.2) is 4.79 Å². The molecule has 0 radical (unpaired) electrons. The number of aromatic carboxylic acids is 1. The van der Waals surface area contributed by atoms with Crippen molar-refractivity contribution in [3.05, 3.63) is 23.2 Å². The molecule has 0 atom stereocenters. The Morgan fingerprint density at radius 1 is 1.50 bits per heavy atom. The molecule has 6 nitrogen and oxygen atoms in total. The predicted molar refractivity (Wildman–Crippen MR) is 65.1 cm³/mol. The van der Waals surface area contributed by atoms with Gasteiger partial charge in [-0.1, -0.05) is 0 Å². The van der Waals surface area contributed by atoms with Crippen LogP contribution in [0.15, 0.2) is 10.5 Å². The van der Waals surface area contributed by atoms with Crippen molar-refractivity contribution in [2.24, 2.45) is 5.73 Å². The molecular formula is C12H18N2O4. The normalized spacial score (nSPS) is 11.5. The summed E-state index contributed by atoms with van der Waals surface area (Å²) in [6.07, 6.45) is 0.193. The van der Waals surface area contributed by atoms with Crippen molar-refractivity contribution >= 4 is 11.9 Å². The van der Waals surface area contributed by atoms with E-state index in [9.17, 15) is 9.59 Å². The van der Waals surface area contributed by atoms with Crippen LogP contribution in [-0.4, -0.2) is 22.5 Å². The minimum atomic E-state index is -1.09. The molecule has 1 rings (SSSR count). The van der Waals surface area contributed by atoms with Crippen LogP contribution in [0.2, 0.25) is 0 Å². The number of carbonyl (C=O) groups is 2. The molecule has 1 amide bonds. The Kier molecular flexibility index (Phi) is 4.13. The Balaban J connectivity index is 2.66. The lowest BCUT2D eigenvalue weighted by Gasteiger charge is -2.24. The van der Waals surface area contributed by atoms with Crippen LogP contribution >= 0.6 is 0 Å². The van der Waals surface area contributed by atoms with Crippen LogP contribution in [-0.2, 0) is 11.3 Å². The summed E-state index contributed by atoms with van der Waals surface area (Å²) in [7, 11) is 0. The van der Waals surface area contributed by atoms with E-state index in [0.717, 1.165) is 0 Å². The van der Waals surface area contributed by atoms with Crippen molar-refractivity contribution in [3.8, 4) is 0 Å². The van der Waals surface area contributed by atoms with Crippen molar-refractivity contribution in [2.75, 3.05) is 0 Å². The van der Waals surface area contributed by atoms with Crippen LogP contribution in [0, 0.1) is 6.92 Å². The number of hydrogen-bond acceptors (Lipinski definition) is 4. The first-order chi connectivity index (χ1) is 8.21. The van der Waals surface area contributed by atoms with Crippen molar-refractivity contribution in [3.63, 3.8) is 0 Å². The topological polar surface area (TPSA) is 106 Å². The number of carboxylic acids is 1. The maximum Gasteiger partial charge on any atom is 0.372 e. The van der Waals surface area contributed by atoms with Gasteiger partial charge < -0.3 is 20.6 Å². The molecule has 0 spiro atoms. The number of carbonyl (C=O) groups excluding carboxylic acids is 1. The Bertz CT molecular complexity index is 463. The summed E-state index contributed by atoms with van der Waals surface area (Å²) in [6, 6.07) is 1.66. The molecular weight excluding hydrogens is 236 g/mol. The molecule has 0 bridgehead atoms. The summed E-state index contributed by atoms with van der Waals surface area (Å²) in [5.74, 6) is -1.02. The maximum atomic E-state index is 10.9. The van der Waals surface area contributed by atoms with Gasteiger partial charge in [-0.3, -0.25) is 4.79 Å². The Hall–Kier alpha value is -1.82. The van der Waals surface area contributed by atoms with Gasteiger partial charge in [-0.2, -0.15) is 0 Å². The van der Waals surface area contributed by atoms with Crippen LogP contribution < -0.4 is 11.1 Å². The Labute approximate surface area is 105 Å². The molecule has 0 aliphatic heterocycles. The lowest BCUT2D eigenvalue weighted by molar-refractivity contribution is -0.119. The minimum absolute atomic E-state index is 0.0560. The van der Waals surface area contributed by atoms with E-state index in [4.69, 9.17) is 15.3 Å². The summed E-state index contributed by atoms with van der Waals surface area (Å²) in [6.45, 7) is 5.69. The number of nitrogens with one attached hydrogen (secondary N) is 1. The standard InChI is InChI=1S/C12H18N2O4/c1-7-4-8(18-10(7)11(16)17)6-14-12(2,3)5-9(13)15/h4,14H,5-6H2,1-3H3,(H2,13,15)(H,16,17). The summed E-state index contributed by atoms with van der Waals surface area (Å²) < 4.78 is 5.20. The minimum Gasteiger partial charge on any atom is -0.475 e. The summed E-state index contributed by atoms with van der Waals surface area (Å²) >= 11 is 0. The summed E-state index contributed by atoms with van der Waals surface area (Å²) in [5.41, 5.74) is 5.25. The molecule has 100 valence electrons. The second kappa shape index (κ2) is 5.22. The lowest BCUT2D eigenvalue weighted by Crippen LogP contribution is -2.42. The van der Waals surface area contributed by atoms with E-state index in [1.54, 1.807) is 13.0 Å². The third kappa shape index (κ3) is 3.89. The molecule has 0 fully saturated rings. The summed E-state index contributed by atoms with van der Waals surface area (Å²) in [4.78, 5) is 21.7. The monoisotopic (exact) mass is 254 g/mol. The molecule has 1 heterocycles. The third-order valence-corrected chi connectivity index (χ3v) is 2.52. The number of primary amides is 1. The largest absolute Gasteiger partial charge is 0.475 e. The van der Waals surface area contributed by atoms with Gasteiger partial charge in [0.15, 0.2) is 0 Å². The van der Waals surface area contributed by atoms with Gasteiger partial charge in [0.05, 0.1) is 6.54 Å². The molecule has 0 aliphatic rings. The first-order valence-electron chi connectivity index (χ1n) is 5.57. The van der Waals surface area contributed by atoms with Gasteiger partial charge in [0.2, 0.25) is 11.7 Å². The number of carboxylic acid groups (broad SMARTS) is 1. The molecule has 0 unspecified atom stereocenters. The zero-order chi connectivity index (χ0) is 13.9. The van der Waals surface area contributed by atoms with Crippen molar-refractivity contribution in [2.45, 2.75) is 39.3 Å². The highest BCUT2D eigenvalue weighted by atomic mass is 16.4. The van der Waals surface area contributed by atoms with E-state index in [-0.39, 0.29) is 12.2 Å². The van der Waals surface area contributed by atoms with Crippen LogP contribution in [0.4, 0.5) is 0 Å². The fourth-order valence-corrected chi connectivity index (χ4v) is 1.67. The van der Waals surface area contributed by atoms with Gasteiger partial charge in [0.25, 0.3) is 0 Å².